The maximum Gasteiger partial charge on any atom is 0.514 e. The third-order valence-electron chi connectivity index (χ3n) is 2.70. The summed E-state index contributed by atoms with van der Waals surface area (Å²) in [5, 5.41) is 8.74. The van der Waals surface area contributed by atoms with Crippen molar-refractivity contribution < 1.29 is 19.0 Å². The van der Waals surface area contributed by atoms with E-state index in [9.17, 15) is 4.79 Å². The van der Waals surface area contributed by atoms with E-state index in [1.165, 1.54) is 14.2 Å². The summed E-state index contributed by atoms with van der Waals surface area (Å²) in [6, 6.07) is 5.44. The van der Waals surface area contributed by atoms with Crippen LogP contribution in [-0.2, 0) is 11.3 Å². The smallest absolute Gasteiger partial charge is 0.481 e. The monoisotopic (exact) mass is 263 g/mol. The highest BCUT2D eigenvalue weighted by atomic mass is 16.7. The Morgan fingerprint density at radius 1 is 1.58 bits per heavy atom. The SMILES string of the molecule is COC(=O)Oc1ccc(CN2CC2C#N)c(OC)n1. The molecule has 0 aliphatic carbocycles. The van der Waals surface area contributed by atoms with Gasteiger partial charge in [-0.15, -0.1) is 0 Å². The third kappa shape index (κ3) is 3.11. The number of hydrogen-bond donors (Lipinski definition) is 0. The fourth-order valence-electron chi connectivity index (χ4n) is 1.62. The number of rotatable bonds is 4. The molecule has 1 fully saturated rings. The average molecular weight is 263 g/mol. The first-order valence-electron chi connectivity index (χ1n) is 5.61. The number of hydrogen-bond acceptors (Lipinski definition) is 7. The van der Waals surface area contributed by atoms with Crippen LogP contribution < -0.4 is 9.47 Å². The fraction of sp³-hybridized carbons (Fsp3) is 0.417. The van der Waals surface area contributed by atoms with Crippen LogP contribution in [0.15, 0.2) is 12.1 Å². The standard InChI is InChI=1S/C12H13N3O4/c1-17-11-8(6-15-7-9(15)5-13)3-4-10(14-11)19-12(16)18-2/h3-4,9H,6-7H2,1-2H3. The van der Waals surface area contributed by atoms with Crippen LogP contribution in [0.25, 0.3) is 0 Å². The number of nitrogens with zero attached hydrogens (tertiary/aromatic N) is 3. The number of aromatic nitrogens is 1. The van der Waals surface area contributed by atoms with Gasteiger partial charge < -0.3 is 14.2 Å². The lowest BCUT2D eigenvalue weighted by Crippen LogP contribution is -2.10. The number of nitriles is 1. The summed E-state index contributed by atoms with van der Waals surface area (Å²) in [5.74, 6) is 0.472. The lowest BCUT2D eigenvalue weighted by atomic mass is 10.2. The van der Waals surface area contributed by atoms with E-state index < -0.39 is 6.16 Å². The van der Waals surface area contributed by atoms with Gasteiger partial charge in [0.15, 0.2) is 0 Å². The average Bonchev–Trinajstić information content (AvgIpc) is 3.18. The molecule has 0 aromatic carbocycles. The third-order valence-corrected chi connectivity index (χ3v) is 2.70. The van der Waals surface area contributed by atoms with Crippen molar-refractivity contribution in [1.29, 1.82) is 5.26 Å². The maximum absolute atomic E-state index is 11.0. The van der Waals surface area contributed by atoms with E-state index in [1.807, 2.05) is 4.90 Å². The molecule has 100 valence electrons. The van der Waals surface area contributed by atoms with Crippen LogP contribution in [0.3, 0.4) is 0 Å². The van der Waals surface area contributed by atoms with Crippen molar-refractivity contribution in [3.8, 4) is 17.8 Å². The lowest BCUT2D eigenvalue weighted by molar-refractivity contribution is 0.119. The Hall–Kier alpha value is -2.33. The van der Waals surface area contributed by atoms with E-state index >= 15 is 0 Å². The number of carbonyl (C=O) groups is 1. The van der Waals surface area contributed by atoms with Gasteiger partial charge in [-0.2, -0.15) is 10.2 Å². The molecule has 1 aliphatic rings. The Kier molecular flexibility index (Phi) is 3.82. The van der Waals surface area contributed by atoms with Crippen molar-refractivity contribution in [2.45, 2.75) is 12.6 Å². The molecule has 0 N–H and O–H groups in total. The van der Waals surface area contributed by atoms with E-state index in [4.69, 9.17) is 14.7 Å². The molecule has 7 heteroatoms. The summed E-state index contributed by atoms with van der Waals surface area (Å²) >= 11 is 0. The lowest BCUT2D eigenvalue weighted by Gasteiger charge is -2.09. The first kappa shape index (κ1) is 13.1. The van der Waals surface area contributed by atoms with Gasteiger partial charge in [-0.1, -0.05) is 0 Å². The Morgan fingerprint density at radius 2 is 2.37 bits per heavy atom. The quantitative estimate of drug-likeness (QED) is 0.590. The summed E-state index contributed by atoms with van der Waals surface area (Å²) in [5.41, 5.74) is 0.831. The van der Waals surface area contributed by atoms with Gasteiger partial charge in [0.25, 0.3) is 0 Å². The van der Waals surface area contributed by atoms with E-state index in [1.54, 1.807) is 12.1 Å². The molecule has 1 aromatic rings. The van der Waals surface area contributed by atoms with Crippen molar-refractivity contribution in [3.63, 3.8) is 0 Å². The van der Waals surface area contributed by atoms with Gasteiger partial charge in [-0.05, 0) is 6.07 Å². The Labute approximate surface area is 110 Å². The molecule has 0 amide bonds. The minimum atomic E-state index is -0.835. The molecule has 0 spiro atoms. The predicted octanol–water partition coefficient (Wildman–Crippen LogP) is 0.943. The van der Waals surface area contributed by atoms with E-state index in [0.717, 1.165) is 12.1 Å². The van der Waals surface area contributed by atoms with Crippen LogP contribution in [0.4, 0.5) is 4.79 Å². The highest BCUT2D eigenvalue weighted by molar-refractivity contribution is 5.62. The molecule has 19 heavy (non-hydrogen) atoms. The molecule has 0 saturated carbocycles. The summed E-state index contributed by atoms with van der Waals surface area (Å²) in [6.07, 6.45) is -0.835. The largest absolute Gasteiger partial charge is 0.514 e. The highest BCUT2D eigenvalue weighted by Gasteiger charge is 2.34. The highest BCUT2D eigenvalue weighted by Crippen LogP contribution is 2.26. The zero-order chi connectivity index (χ0) is 13.8. The van der Waals surface area contributed by atoms with Crippen molar-refractivity contribution in [2.75, 3.05) is 20.8 Å². The molecule has 0 radical (unpaired) electrons. The molecule has 2 atom stereocenters. The second-order valence-electron chi connectivity index (χ2n) is 3.95. The number of methoxy groups -OCH3 is 2. The summed E-state index contributed by atoms with van der Waals surface area (Å²) < 4.78 is 14.3. The molecule has 1 aliphatic heterocycles. The van der Waals surface area contributed by atoms with Gasteiger partial charge in [0.2, 0.25) is 11.8 Å². The van der Waals surface area contributed by atoms with Gasteiger partial charge in [0.1, 0.15) is 6.04 Å². The minimum Gasteiger partial charge on any atom is -0.481 e. The van der Waals surface area contributed by atoms with Gasteiger partial charge >= 0.3 is 6.16 Å². The molecule has 2 rings (SSSR count). The van der Waals surface area contributed by atoms with Gasteiger partial charge in [0, 0.05) is 24.7 Å². The Morgan fingerprint density at radius 3 is 2.95 bits per heavy atom. The van der Waals surface area contributed by atoms with E-state index in [2.05, 4.69) is 15.8 Å². The summed E-state index contributed by atoms with van der Waals surface area (Å²) in [6.45, 7) is 1.33. The first-order valence-corrected chi connectivity index (χ1v) is 5.61. The maximum atomic E-state index is 11.0. The second-order valence-corrected chi connectivity index (χ2v) is 3.95. The zero-order valence-corrected chi connectivity index (χ0v) is 10.6. The van der Waals surface area contributed by atoms with Crippen molar-refractivity contribution in [3.05, 3.63) is 17.7 Å². The van der Waals surface area contributed by atoms with Crippen LogP contribution in [0.2, 0.25) is 0 Å². The molecule has 7 nitrogen and oxygen atoms in total. The van der Waals surface area contributed by atoms with E-state index in [-0.39, 0.29) is 11.9 Å². The molecule has 1 aromatic heterocycles. The van der Waals surface area contributed by atoms with Crippen LogP contribution in [0.1, 0.15) is 5.56 Å². The number of ether oxygens (including phenoxy) is 3. The topological polar surface area (TPSA) is 84.5 Å². The van der Waals surface area contributed by atoms with Crippen LogP contribution in [0, 0.1) is 11.3 Å². The van der Waals surface area contributed by atoms with E-state index in [0.29, 0.717) is 12.4 Å². The molecule has 2 heterocycles. The minimum absolute atomic E-state index is 0.0318. The molecule has 2 unspecified atom stereocenters. The zero-order valence-electron chi connectivity index (χ0n) is 10.6. The predicted molar refractivity (Wildman–Crippen MR) is 63.6 cm³/mol. The van der Waals surface area contributed by atoms with Crippen LogP contribution >= 0.6 is 0 Å². The van der Waals surface area contributed by atoms with Gasteiger partial charge in [0.05, 0.1) is 20.3 Å². The van der Waals surface area contributed by atoms with Crippen LogP contribution in [-0.4, -0.2) is 42.8 Å². The number of carbonyl (C=O) groups excluding carboxylic acids is 1. The molecule has 0 bridgehead atoms. The summed E-state index contributed by atoms with van der Waals surface area (Å²) in [7, 11) is 2.70. The van der Waals surface area contributed by atoms with Crippen LogP contribution in [0.5, 0.6) is 11.8 Å². The molecular formula is C12H13N3O4. The normalized spacial score (nSPS) is 20.3. The first-order chi connectivity index (χ1) is 9.17. The molecule has 1 saturated heterocycles. The molecular weight excluding hydrogens is 250 g/mol. The fourth-order valence-corrected chi connectivity index (χ4v) is 1.62. The summed E-state index contributed by atoms with van der Waals surface area (Å²) in [4.78, 5) is 17.0. The van der Waals surface area contributed by atoms with Gasteiger partial charge in [-0.3, -0.25) is 4.90 Å². The van der Waals surface area contributed by atoms with Crippen molar-refractivity contribution in [2.24, 2.45) is 0 Å². The second kappa shape index (κ2) is 5.54. The Balaban J connectivity index is 2.08. The Bertz CT molecular complexity index is 526. The van der Waals surface area contributed by atoms with Gasteiger partial charge in [-0.25, -0.2) is 4.79 Å². The number of pyridine rings is 1. The van der Waals surface area contributed by atoms with Crippen molar-refractivity contribution >= 4 is 6.16 Å². The van der Waals surface area contributed by atoms with Crippen molar-refractivity contribution in [1.82, 2.24) is 9.88 Å².